The number of fused-ring (bicyclic) bond motifs is 2. The summed E-state index contributed by atoms with van der Waals surface area (Å²) in [6, 6.07) is 11.9. The molecule has 0 spiro atoms. The molecule has 0 radical (unpaired) electrons. The van der Waals surface area contributed by atoms with Gasteiger partial charge in [-0.15, -0.1) is 0 Å². The van der Waals surface area contributed by atoms with Gasteiger partial charge in [-0.1, -0.05) is 18.2 Å². The number of benzene rings is 2. The summed E-state index contributed by atoms with van der Waals surface area (Å²) in [5.41, 5.74) is 6.84. The zero-order valence-corrected chi connectivity index (χ0v) is 17.3. The molecule has 0 fully saturated rings. The largest absolute Gasteiger partial charge is 0.454 e. The Hall–Kier alpha value is -3.28. The van der Waals surface area contributed by atoms with Crippen LogP contribution >= 0.6 is 0 Å². The monoisotopic (exact) mass is 403 g/mol. The van der Waals surface area contributed by atoms with Gasteiger partial charge >= 0.3 is 0 Å². The molecule has 1 N–H and O–H groups in total. The van der Waals surface area contributed by atoms with E-state index in [1.54, 1.807) is 0 Å². The van der Waals surface area contributed by atoms with Crippen molar-refractivity contribution in [3.63, 3.8) is 0 Å². The maximum absolute atomic E-state index is 12.8. The summed E-state index contributed by atoms with van der Waals surface area (Å²) in [5, 5.41) is 7.90. The van der Waals surface area contributed by atoms with Crippen LogP contribution in [-0.4, -0.2) is 22.5 Å². The summed E-state index contributed by atoms with van der Waals surface area (Å²) >= 11 is 0. The van der Waals surface area contributed by atoms with Gasteiger partial charge in [-0.25, -0.2) is 4.68 Å². The molecule has 1 atom stereocenters. The number of amides is 1. The van der Waals surface area contributed by atoms with E-state index in [0.29, 0.717) is 12.2 Å². The van der Waals surface area contributed by atoms with Crippen LogP contribution in [0, 0.1) is 13.8 Å². The average Bonchev–Trinajstić information content (AvgIpc) is 3.37. The van der Waals surface area contributed by atoms with Crippen molar-refractivity contribution in [2.75, 3.05) is 6.79 Å². The van der Waals surface area contributed by atoms with Crippen LogP contribution in [0.15, 0.2) is 42.6 Å². The molecule has 2 aliphatic rings. The van der Waals surface area contributed by atoms with E-state index in [4.69, 9.17) is 9.47 Å². The third kappa shape index (κ3) is 3.32. The maximum atomic E-state index is 12.8. The Morgan fingerprint density at radius 3 is 2.97 bits per heavy atom. The van der Waals surface area contributed by atoms with Gasteiger partial charge < -0.3 is 14.8 Å². The number of rotatable bonds is 4. The third-order valence-corrected chi connectivity index (χ3v) is 6.12. The quantitative estimate of drug-likeness (QED) is 0.716. The molecule has 1 aromatic heterocycles. The molecule has 2 aromatic carbocycles. The van der Waals surface area contributed by atoms with Crippen LogP contribution in [0.2, 0.25) is 0 Å². The van der Waals surface area contributed by atoms with Gasteiger partial charge in [0.05, 0.1) is 24.3 Å². The zero-order valence-electron chi connectivity index (χ0n) is 17.3. The fourth-order valence-electron chi connectivity index (χ4n) is 4.36. The second-order valence-corrected chi connectivity index (χ2v) is 8.05. The van der Waals surface area contributed by atoms with Gasteiger partial charge in [0.1, 0.15) is 0 Å². The van der Waals surface area contributed by atoms with Crippen molar-refractivity contribution in [3.8, 4) is 17.2 Å². The molecule has 154 valence electrons. The van der Waals surface area contributed by atoms with Crippen LogP contribution in [0.5, 0.6) is 11.5 Å². The van der Waals surface area contributed by atoms with Crippen molar-refractivity contribution in [3.05, 3.63) is 70.5 Å². The van der Waals surface area contributed by atoms with Crippen LogP contribution in [0.25, 0.3) is 5.69 Å². The lowest BCUT2D eigenvalue weighted by Crippen LogP contribution is -2.32. The van der Waals surface area contributed by atoms with E-state index in [1.807, 2.05) is 29.1 Å². The number of aromatic nitrogens is 2. The number of ether oxygens (including phenoxy) is 2. The Labute approximate surface area is 175 Å². The summed E-state index contributed by atoms with van der Waals surface area (Å²) in [6.45, 7) is 4.49. The molecule has 2 heterocycles. The van der Waals surface area contributed by atoms with Crippen molar-refractivity contribution in [2.45, 2.75) is 45.6 Å². The Morgan fingerprint density at radius 2 is 2.07 bits per heavy atom. The molecule has 30 heavy (non-hydrogen) atoms. The molecule has 0 unspecified atom stereocenters. The molecule has 6 nitrogen and oxygen atoms in total. The van der Waals surface area contributed by atoms with Crippen molar-refractivity contribution in [2.24, 2.45) is 0 Å². The highest BCUT2D eigenvalue weighted by atomic mass is 16.7. The first-order valence-corrected chi connectivity index (χ1v) is 10.4. The molecule has 1 amide bonds. The predicted octanol–water partition coefficient (Wildman–Crippen LogP) is 3.95. The van der Waals surface area contributed by atoms with E-state index in [2.05, 4.69) is 42.5 Å². The van der Waals surface area contributed by atoms with E-state index >= 15 is 0 Å². The molecule has 3 aromatic rings. The molecule has 6 heteroatoms. The van der Waals surface area contributed by atoms with E-state index in [0.717, 1.165) is 41.8 Å². The minimum Gasteiger partial charge on any atom is -0.454 e. The topological polar surface area (TPSA) is 65.4 Å². The van der Waals surface area contributed by atoms with Crippen molar-refractivity contribution in [1.82, 2.24) is 15.1 Å². The minimum atomic E-state index is -0.00544. The fourth-order valence-corrected chi connectivity index (χ4v) is 4.36. The van der Waals surface area contributed by atoms with Crippen LogP contribution in [0.3, 0.4) is 0 Å². The van der Waals surface area contributed by atoms with E-state index < -0.39 is 0 Å². The molecule has 1 aliphatic carbocycles. The van der Waals surface area contributed by atoms with Crippen molar-refractivity contribution >= 4 is 5.91 Å². The van der Waals surface area contributed by atoms with E-state index in [9.17, 15) is 4.79 Å². The van der Waals surface area contributed by atoms with Gasteiger partial charge in [-0.2, -0.15) is 5.10 Å². The number of hydrogen-bond acceptors (Lipinski definition) is 4. The van der Waals surface area contributed by atoms with Gasteiger partial charge in [-0.05, 0) is 68.0 Å². The van der Waals surface area contributed by atoms with Crippen LogP contribution in [0.1, 0.15) is 46.8 Å². The van der Waals surface area contributed by atoms with E-state index in [-0.39, 0.29) is 18.7 Å². The molecule has 1 aliphatic heterocycles. The van der Waals surface area contributed by atoms with Crippen LogP contribution < -0.4 is 14.8 Å². The second-order valence-electron chi connectivity index (χ2n) is 8.05. The van der Waals surface area contributed by atoms with Gasteiger partial charge in [0, 0.05) is 11.3 Å². The first-order chi connectivity index (χ1) is 14.6. The summed E-state index contributed by atoms with van der Waals surface area (Å²) in [4.78, 5) is 12.8. The molecular formula is C24H25N3O3. The third-order valence-electron chi connectivity index (χ3n) is 6.12. The predicted molar refractivity (Wildman–Crippen MR) is 113 cm³/mol. The first kappa shape index (κ1) is 18.7. The van der Waals surface area contributed by atoms with Gasteiger partial charge in [-0.3, -0.25) is 4.79 Å². The standard InChI is InChI=1S/C24H25N3O3/c1-15-5-3-7-20(16(15)2)27-21-8-4-6-19(18(21)13-25-27)26-24(28)12-17-9-10-22-23(11-17)30-14-29-22/h3,5,7,9-11,13,19H,4,6,8,12,14H2,1-2H3,(H,26,28)/t19-/m1/s1. The second kappa shape index (κ2) is 7.52. The van der Waals surface area contributed by atoms with Gasteiger partial charge in [0.2, 0.25) is 12.7 Å². The lowest BCUT2D eigenvalue weighted by atomic mass is 9.92. The minimum absolute atomic E-state index is 0.00544. The van der Waals surface area contributed by atoms with Crippen LogP contribution in [0.4, 0.5) is 0 Å². The van der Waals surface area contributed by atoms with Crippen LogP contribution in [-0.2, 0) is 17.6 Å². The number of aryl methyl sites for hydroxylation is 1. The molecule has 0 saturated carbocycles. The highest BCUT2D eigenvalue weighted by molar-refractivity contribution is 5.79. The lowest BCUT2D eigenvalue weighted by molar-refractivity contribution is -0.121. The Balaban J connectivity index is 1.34. The fraction of sp³-hybridized carbons (Fsp3) is 0.333. The molecular weight excluding hydrogens is 378 g/mol. The highest BCUT2D eigenvalue weighted by Crippen LogP contribution is 2.34. The summed E-state index contributed by atoms with van der Waals surface area (Å²) < 4.78 is 12.8. The maximum Gasteiger partial charge on any atom is 0.231 e. The molecule has 0 saturated heterocycles. The van der Waals surface area contributed by atoms with Crippen molar-refractivity contribution in [1.29, 1.82) is 0 Å². The normalized spacial score (nSPS) is 16.9. The number of carbonyl (C=O) groups is 1. The van der Waals surface area contributed by atoms with E-state index in [1.165, 1.54) is 16.8 Å². The first-order valence-electron chi connectivity index (χ1n) is 10.4. The number of carbonyl (C=O) groups excluding carboxylic acids is 1. The average molecular weight is 403 g/mol. The number of nitrogens with zero attached hydrogens (tertiary/aromatic N) is 2. The highest BCUT2D eigenvalue weighted by Gasteiger charge is 2.26. The summed E-state index contributed by atoms with van der Waals surface area (Å²) in [5.74, 6) is 1.44. The number of hydrogen-bond donors (Lipinski definition) is 1. The smallest absolute Gasteiger partial charge is 0.231 e. The number of nitrogens with one attached hydrogen (secondary N) is 1. The van der Waals surface area contributed by atoms with Gasteiger partial charge in [0.25, 0.3) is 0 Å². The van der Waals surface area contributed by atoms with Gasteiger partial charge in [0.15, 0.2) is 11.5 Å². The SMILES string of the molecule is Cc1cccc(-n2ncc3c2CCC[C@H]3NC(=O)Cc2ccc3c(c2)OCO3)c1C. The Bertz CT molecular complexity index is 1120. The summed E-state index contributed by atoms with van der Waals surface area (Å²) in [7, 11) is 0. The molecule has 0 bridgehead atoms. The van der Waals surface area contributed by atoms with Crippen molar-refractivity contribution < 1.29 is 14.3 Å². The molecule has 5 rings (SSSR count). The lowest BCUT2D eigenvalue weighted by Gasteiger charge is -2.24. The zero-order chi connectivity index (χ0) is 20.7. The summed E-state index contributed by atoms with van der Waals surface area (Å²) in [6.07, 6.45) is 5.16. The Kier molecular flexibility index (Phi) is 4.69. The Morgan fingerprint density at radius 1 is 1.20 bits per heavy atom.